The normalized spacial score (nSPS) is 10.2. The van der Waals surface area contributed by atoms with Crippen molar-refractivity contribution in [3.05, 3.63) is 65.0 Å². The Bertz CT molecular complexity index is 611. The van der Waals surface area contributed by atoms with Crippen molar-refractivity contribution in [2.45, 2.75) is 13.5 Å². The maximum absolute atomic E-state index is 13.0. The SMILES string of the molecule is Cc1ccc(N)cc1C(=O)NCc1cccc(F)c1. The highest BCUT2D eigenvalue weighted by molar-refractivity contribution is 5.96. The van der Waals surface area contributed by atoms with Gasteiger partial charge in [0.15, 0.2) is 0 Å². The summed E-state index contributed by atoms with van der Waals surface area (Å²) in [7, 11) is 0. The number of rotatable bonds is 3. The number of nitrogens with two attached hydrogens (primary N) is 1. The molecule has 0 saturated heterocycles. The third-order valence-electron chi connectivity index (χ3n) is 2.85. The molecule has 2 aromatic carbocycles. The van der Waals surface area contributed by atoms with Gasteiger partial charge in [-0.1, -0.05) is 18.2 Å². The first kappa shape index (κ1) is 13.1. The van der Waals surface area contributed by atoms with Crippen LogP contribution in [0.3, 0.4) is 0 Å². The summed E-state index contributed by atoms with van der Waals surface area (Å²) in [4.78, 5) is 12.0. The van der Waals surface area contributed by atoms with E-state index in [-0.39, 0.29) is 18.3 Å². The summed E-state index contributed by atoms with van der Waals surface area (Å²) in [5.74, 6) is -0.527. The van der Waals surface area contributed by atoms with Gasteiger partial charge in [-0.3, -0.25) is 4.79 Å². The van der Waals surface area contributed by atoms with E-state index in [4.69, 9.17) is 5.73 Å². The maximum atomic E-state index is 13.0. The van der Waals surface area contributed by atoms with Crippen molar-refractivity contribution in [3.8, 4) is 0 Å². The zero-order valence-corrected chi connectivity index (χ0v) is 10.6. The van der Waals surface area contributed by atoms with E-state index in [2.05, 4.69) is 5.32 Å². The summed E-state index contributed by atoms with van der Waals surface area (Å²) in [5, 5.41) is 2.75. The van der Waals surface area contributed by atoms with Crippen molar-refractivity contribution in [2.75, 3.05) is 5.73 Å². The Morgan fingerprint density at radius 2 is 2.05 bits per heavy atom. The van der Waals surface area contributed by atoms with Gasteiger partial charge in [-0.2, -0.15) is 0 Å². The van der Waals surface area contributed by atoms with Crippen LogP contribution in [-0.2, 0) is 6.54 Å². The lowest BCUT2D eigenvalue weighted by Crippen LogP contribution is -2.23. The van der Waals surface area contributed by atoms with Gasteiger partial charge in [-0.05, 0) is 42.3 Å². The number of halogens is 1. The van der Waals surface area contributed by atoms with E-state index >= 15 is 0 Å². The fourth-order valence-corrected chi connectivity index (χ4v) is 1.81. The number of benzene rings is 2. The highest BCUT2D eigenvalue weighted by Gasteiger charge is 2.09. The number of aryl methyl sites for hydroxylation is 1. The smallest absolute Gasteiger partial charge is 0.251 e. The minimum Gasteiger partial charge on any atom is -0.399 e. The van der Waals surface area contributed by atoms with Crippen LogP contribution < -0.4 is 11.1 Å². The number of hydrogen-bond donors (Lipinski definition) is 2. The molecule has 19 heavy (non-hydrogen) atoms. The molecule has 0 saturated carbocycles. The molecule has 98 valence electrons. The minimum atomic E-state index is -0.313. The highest BCUT2D eigenvalue weighted by Crippen LogP contribution is 2.12. The van der Waals surface area contributed by atoms with Crippen molar-refractivity contribution in [2.24, 2.45) is 0 Å². The van der Waals surface area contributed by atoms with E-state index < -0.39 is 0 Å². The Morgan fingerprint density at radius 1 is 1.26 bits per heavy atom. The molecule has 0 aromatic heterocycles. The van der Waals surface area contributed by atoms with Crippen LogP contribution in [0.2, 0.25) is 0 Å². The van der Waals surface area contributed by atoms with Crippen LogP contribution in [-0.4, -0.2) is 5.91 Å². The molecule has 0 aliphatic rings. The fourth-order valence-electron chi connectivity index (χ4n) is 1.81. The number of amides is 1. The summed E-state index contributed by atoms with van der Waals surface area (Å²) in [6, 6.07) is 11.3. The molecule has 3 nitrogen and oxygen atoms in total. The number of nitrogens with one attached hydrogen (secondary N) is 1. The molecule has 0 fully saturated rings. The van der Waals surface area contributed by atoms with Crippen LogP contribution in [0.1, 0.15) is 21.5 Å². The minimum absolute atomic E-state index is 0.214. The van der Waals surface area contributed by atoms with Crippen LogP contribution in [0, 0.1) is 12.7 Å². The van der Waals surface area contributed by atoms with Crippen LogP contribution in [0.25, 0.3) is 0 Å². The van der Waals surface area contributed by atoms with Crippen molar-refractivity contribution >= 4 is 11.6 Å². The van der Waals surface area contributed by atoms with E-state index in [0.29, 0.717) is 11.3 Å². The van der Waals surface area contributed by atoms with E-state index in [1.807, 2.05) is 6.92 Å². The summed E-state index contributed by atoms with van der Waals surface area (Å²) in [5.41, 5.74) is 8.31. The molecule has 0 spiro atoms. The van der Waals surface area contributed by atoms with Crippen molar-refractivity contribution in [3.63, 3.8) is 0 Å². The van der Waals surface area contributed by atoms with Gasteiger partial charge in [0.2, 0.25) is 0 Å². The maximum Gasteiger partial charge on any atom is 0.251 e. The van der Waals surface area contributed by atoms with Crippen molar-refractivity contribution in [1.82, 2.24) is 5.32 Å². The predicted molar refractivity (Wildman–Crippen MR) is 73.2 cm³/mol. The monoisotopic (exact) mass is 258 g/mol. The molecule has 0 heterocycles. The third-order valence-corrected chi connectivity index (χ3v) is 2.85. The van der Waals surface area contributed by atoms with Gasteiger partial charge < -0.3 is 11.1 Å². The Morgan fingerprint density at radius 3 is 2.79 bits per heavy atom. The summed E-state index contributed by atoms with van der Waals surface area (Å²) < 4.78 is 13.0. The summed E-state index contributed by atoms with van der Waals surface area (Å²) in [6.07, 6.45) is 0. The number of hydrogen-bond acceptors (Lipinski definition) is 2. The molecule has 0 radical (unpaired) electrons. The van der Waals surface area contributed by atoms with Gasteiger partial charge >= 0.3 is 0 Å². The first-order valence-electron chi connectivity index (χ1n) is 5.95. The second-order valence-electron chi connectivity index (χ2n) is 4.39. The molecule has 0 atom stereocenters. The van der Waals surface area contributed by atoms with Gasteiger partial charge in [0.25, 0.3) is 5.91 Å². The molecule has 1 amide bonds. The number of carbonyl (C=O) groups excluding carboxylic acids is 1. The average molecular weight is 258 g/mol. The van der Waals surface area contributed by atoms with Gasteiger partial charge in [0, 0.05) is 17.8 Å². The Kier molecular flexibility index (Phi) is 3.80. The predicted octanol–water partition coefficient (Wildman–Crippen LogP) is 2.65. The molecule has 0 unspecified atom stereocenters. The average Bonchev–Trinajstić information content (AvgIpc) is 2.39. The van der Waals surface area contributed by atoms with E-state index in [1.165, 1.54) is 12.1 Å². The Hall–Kier alpha value is -2.36. The second kappa shape index (κ2) is 5.52. The molecule has 0 aliphatic heterocycles. The summed E-state index contributed by atoms with van der Waals surface area (Å²) >= 11 is 0. The molecule has 2 rings (SSSR count). The van der Waals surface area contributed by atoms with Gasteiger partial charge in [-0.15, -0.1) is 0 Å². The van der Waals surface area contributed by atoms with Crippen LogP contribution in [0.4, 0.5) is 10.1 Å². The van der Waals surface area contributed by atoms with Crippen LogP contribution in [0.5, 0.6) is 0 Å². The Labute approximate surface area is 111 Å². The molecule has 2 aromatic rings. The second-order valence-corrected chi connectivity index (χ2v) is 4.39. The first-order chi connectivity index (χ1) is 9.06. The van der Waals surface area contributed by atoms with E-state index in [0.717, 1.165) is 11.1 Å². The van der Waals surface area contributed by atoms with Crippen LogP contribution in [0.15, 0.2) is 42.5 Å². The highest BCUT2D eigenvalue weighted by atomic mass is 19.1. The standard InChI is InChI=1S/C15H15FN2O/c1-10-5-6-13(17)8-14(10)15(19)18-9-11-3-2-4-12(16)7-11/h2-8H,9,17H2,1H3,(H,18,19). The molecule has 4 heteroatoms. The molecule has 0 bridgehead atoms. The van der Waals surface area contributed by atoms with Crippen molar-refractivity contribution < 1.29 is 9.18 Å². The van der Waals surface area contributed by atoms with E-state index in [9.17, 15) is 9.18 Å². The third kappa shape index (κ3) is 3.31. The van der Waals surface area contributed by atoms with Crippen molar-refractivity contribution in [1.29, 1.82) is 0 Å². The van der Waals surface area contributed by atoms with Gasteiger partial charge in [0.1, 0.15) is 5.82 Å². The number of carbonyl (C=O) groups is 1. The molecule has 0 aliphatic carbocycles. The summed E-state index contributed by atoms with van der Waals surface area (Å²) in [6.45, 7) is 2.13. The lowest BCUT2D eigenvalue weighted by Gasteiger charge is -2.08. The fraction of sp³-hybridized carbons (Fsp3) is 0.133. The number of anilines is 1. The van der Waals surface area contributed by atoms with E-state index in [1.54, 1.807) is 30.3 Å². The van der Waals surface area contributed by atoms with Crippen LogP contribution >= 0.6 is 0 Å². The first-order valence-corrected chi connectivity index (χ1v) is 5.95. The quantitative estimate of drug-likeness (QED) is 0.831. The molecular formula is C15H15FN2O. The topological polar surface area (TPSA) is 55.1 Å². The lowest BCUT2D eigenvalue weighted by atomic mass is 10.1. The Balaban J connectivity index is 2.07. The zero-order chi connectivity index (χ0) is 13.8. The molecular weight excluding hydrogens is 243 g/mol. The molecule has 3 N–H and O–H groups in total. The van der Waals surface area contributed by atoms with Gasteiger partial charge in [0.05, 0.1) is 0 Å². The van der Waals surface area contributed by atoms with Gasteiger partial charge in [-0.25, -0.2) is 4.39 Å². The number of nitrogen functional groups attached to an aromatic ring is 1. The lowest BCUT2D eigenvalue weighted by molar-refractivity contribution is 0.0950. The largest absolute Gasteiger partial charge is 0.399 e. The zero-order valence-electron chi connectivity index (χ0n) is 10.6.